The first-order valence-electron chi connectivity index (χ1n) is 4.26. The van der Waals surface area contributed by atoms with Gasteiger partial charge in [0.25, 0.3) is 0 Å². The Morgan fingerprint density at radius 2 is 2.07 bits per heavy atom. The third-order valence-corrected chi connectivity index (χ3v) is 1.31. The molecule has 0 fully saturated rings. The fourth-order valence-corrected chi connectivity index (χ4v) is 0.705. The van der Waals surface area contributed by atoms with Crippen LogP contribution in [0.5, 0.6) is 0 Å². The average Bonchev–Trinajstić information content (AvgIpc) is 2.14. The van der Waals surface area contributed by atoms with Gasteiger partial charge in [0.15, 0.2) is 0 Å². The van der Waals surface area contributed by atoms with Crippen LogP contribution < -0.4 is 0 Å². The predicted molar refractivity (Wildman–Crippen MR) is 50.8 cm³/mol. The smallest absolute Gasteiger partial charge is 0.410 e. The molecule has 0 aliphatic heterocycles. The minimum absolute atomic E-state index is 0.107. The van der Waals surface area contributed by atoms with Gasteiger partial charge in [-0.15, -0.1) is 0 Å². The normalized spacial score (nSPS) is 9.00. The molecule has 0 aromatic heterocycles. The summed E-state index contributed by atoms with van der Waals surface area (Å²) in [6.07, 6.45) is 0.883. The van der Waals surface area contributed by atoms with Crippen molar-refractivity contribution in [2.24, 2.45) is 0 Å². The van der Waals surface area contributed by atoms with Crippen molar-refractivity contribution >= 4 is 12.1 Å². The van der Waals surface area contributed by atoms with Gasteiger partial charge in [0.1, 0.15) is 13.2 Å². The van der Waals surface area contributed by atoms with Gasteiger partial charge in [-0.3, -0.25) is 4.79 Å². The zero-order valence-electron chi connectivity index (χ0n) is 8.49. The van der Waals surface area contributed by atoms with Crippen molar-refractivity contribution in [1.82, 2.24) is 4.90 Å². The molecular weight excluding hydrogens is 186 g/mol. The van der Waals surface area contributed by atoms with E-state index in [1.54, 1.807) is 6.92 Å². The van der Waals surface area contributed by atoms with Crippen molar-refractivity contribution in [2.45, 2.75) is 6.92 Å². The van der Waals surface area contributed by atoms with Crippen LogP contribution in [0.1, 0.15) is 6.92 Å². The first kappa shape index (κ1) is 12.5. The van der Waals surface area contributed by atoms with Gasteiger partial charge in [0, 0.05) is 7.05 Å². The van der Waals surface area contributed by atoms with E-state index in [1.807, 2.05) is 0 Å². The minimum atomic E-state index is -0.571. The van der Waals surface area contributed by atoms with E-state index < -0.39 is 12.1 Å². The van der Waals surface area contributed by atoms with E-state index in [-0.39, 0.29) is 13.2 Å². The van der Waals surface area contributed by atoms with Gasteiger partial charge in [-0.1, -0.05) is 12.7 Å². The Labute approximate surface area is 83.3 Å². The zero-order valence-corrected chi connectivity index (χ0v) is 8.49. The third kappa shape index (κ3) is 5.18. The Hall–Kier alpha value is -1.52. The van der Waals surface area contributed by atoms with Crippen LogP contribution in [0.4, 0.5) is 4.79 Å². The molecule has 80 valence electrons. The van der Waals surface area contributed by atoms with Crippen LogP contribution in [0.15, 0.2) is 12.7 Å². The molecule has 0 bridgehead atoms. The summed E-state index contributed by atoms with van der Waals surface area (Å²) in [4.78, 5) is 23.2. The minimum Gasteiger partial charge on any atom is -0.465 e. The summed E-state index contributed by atoms with van der Waals surface area (Å²) >= 11 is 0. The molecular formula is C9H15NO4. The lowest BCUT2D eigenvalue weighted by Crippen LogP contribution is -2.33. The second-order valence-corrected chi connectivity index (χ2v) is 2.53. The van der Waals surface area contributed by atoms with Gasteiger partial charge >= 0.3 is 12.1 Å². The average molecular weight is 201 g/mol. The highest BCUT2D eigenvalue weighted by molar-refractivity contribution is 5.77. The summed E-state index contributed by atoms with van der Waals surface area (Å²) in [6, 6.07) is 0. The quantitative estimate of drug-likeness (QED) is 0.487. The molecule has 0 unspecified atom stereocenters. The molecule has 0 atom stereocenters. The molecule has 0 N–H and O–H groups in total. The summed E-state index contributed by atoms with van der Waals surface area (Å²) < 4.78 is 9.35. The molecule has 0 saturated carbocycles. The van der Waals surface area contributed by atoms with Crippen LogP contribution in [0.3, 0.4) is 0 Å². The molecule has 14 heavy (non-hydrogen) atoms. The molecule has 0 heterocycles. The number of hydrogen-bond donors (Lipinski definition) is 0. The number of nitrogens with zero attached hydrogens (tertiary/aromatic N) is 1. The molecule has 5 heteroatoms. The highest BCUT2D eigenvalue weighted by Gasteiger charge is 2.13. The lowest BCUT2D eigenvalue weighted by molar-refractivity contribution is -0.143. The summed E-state index contributed by atoms with van der Waals surface area (Å²) in [5.74, 6) is -0.453. The van der Waals surface area contributed by atoms with E-state index in [0.717, 1.165) is 4.90 Å². The first-order valence-corrected chi connectivity index (χ1v) is 4.26. The van der Waals surface area contributed by atoms with E-state index in [0.29, 0.717) is 6.61 Å². The molecule has 0 aromatic rings. The maximum Gasteiger partial charge on any atom is 0.410 e. The van der Waals surface area contributed by atoms with Crippen LogP contribution in [0.2, 0.25) is 0 Å². The van der Waals surface area contributed by atoms with E-state index in [1.165, 1.54) is 13.1 Å². The number of likely N-dealkylation sites (N-methyl/N-ethyl adjacent to an activating group) is 1. The molecule has 0 aliphatic carbocycles. The lowest BCUT2D eigenvalue weighted by Gasteiger charge is -2.14. The summed E-state index contributed by atoms with van der Waals surface area (Å²) in [5, 5.41) is 0. The Bertz CT molecular complexity index is 215. The van der Waals surface area contributed by atoms with Crippen molar-refractivity contribution < 1.29 is 19.1 Å². The number of carbonyl (C=O) groups excluding carboxylic acids is 2. The number of ether oxygens (including phenoxy) is 2. The van der Waals surface area contributed by atoms with Crippen molar-refractivity contribution in [3.05, 3.63) is 12.7 Å². The zero-order chi connectivity index (χ0) is 11.0. The maximum atomic E-state index is 11.1. The summed E-state index contributed by atoms with van der Waals surface area (Å²) in [7, 11) is 1.46. The monoisotopic (exact) mass is 201 g/mol. The highest BCUT2D eigenvalue weighted by atomic mass is 16.6. The molecule has 0 spiro atoms. The Balaban J connectivity index is 3.82. The number of carbonyl (C=O) groups is 2. The first-order chi connectivity index (χ1) is 6.61. The lowest BCUT2D eigenvalue weighted by atomic mass is 10.6. The van der Waals surface area contributed by atoms with Crippen LogP contribution in [-0.4, -0.2) is 43.8 Å². The Morgan fingerprint density at radius 3 is 2.57 bits per heavy atom. The fourth-order valence-electron chi connectivity index (χ4n) is 0.705. The Morgan fingerprint density at radius 1 is 1.43 bits per heavy atom. The van der Waals surface area contributed by atoms with Crippen LogP contribution in [0, 0.1) is 0 Å². The molecule has 5 nitrogen and oxygen atoms in total. The second-order valence-electron chi connectivity index (χ2n) is 2.53. The molecule has 0 rings (SSSR count). The van der Waals surface area contributed by atoms with Gasteiger partial charge in [-0.2, -0.15) is 0 Å². The van der Waals surface area contributed by atoms with Gasteiger partial charge in [0.05, 0.1) is 6.61 Å². The predicted octanol–water partition coefficient (Wildman–Crippen LogP) is 0.804. The maximum absolute atomic E-state index is 11.1. The van der Waals surface area contributed by atoms with Crippen LogP contribution >= 0.6 is 0 Å². The summed E-state index contributed by atoms with van der Waals surface area (Å²) in [5.41, 5.74) is 0. The standard InChI is InChI=1S/C9H15NO4/c1-4-6-14-9(12)10(3)7-8(11)13-5-2/h4H,1,5-7H2,2-3H3. The fraction of sp³-hybridized carbons (Fsp3) is 0.556. The van der Waals surface area contributed by atoms with E-state index in [9.17, 15) is 9.59 Å². The number of rotatable bonds is 5. The molecule has 0 saturated heterocycles. The van der Waals surface area contributed by atoms with Gasteiger partial charge in [-0.05, 0) is 6.92 Å². The number of esters is 1. The molecule has 1 amide bonds. The van der Waals surface area contributed by atoms with Crippen molar-refractivity contribution in [1.29, 1.82) is 0 Å². The number of hydrogen-bond acceptors (Lipinski definition) is 4. The van der Waals surface area contributed by atoms with E-state index in [2.05, 4.69) is 11.3 Å². The van der Waals surface area contributed by atoms with E-state index in [4.69, 9.17) is 4.74 Å². The van der Waals surface area contributed by atoms with Crippen molar-refractivity contribution in [2.75, 3.05) is 26.8 Å². The van der Waals surface area contributed by atoms with Crippen LogP contribution in [-0.2, 0) is 14.3 Å². The van der Waals surface area contributed by atoms with Gasteiger partial charge in [0.2, 0.25) is 0 Å². The molecule has 0 aliphatic rings. The second kappa shape index (κ2) is 6.94. The van der Waals surface area contributed by atoms with Gasteiger partial charge in [-0.25, -0.2) is 4.79 Å². The van der Waals surface area contributed by atoms with Gasteiger partial charge < -0.3 is 14.4 Å². The highest BCUT2D eigenvalue weighted by Crippen LogP contribution is 1.91. The largest absolute Gasteiger partial charge is 0.465 e. The Kier molecular flexibility index (Phi) is 6.19. The van der Waals surface area contributed by atoms with Crippen molar-refractivity contribution in [3.63, 3.8) is 0 Å². The van der Waals surface area contributed by atoms with E-state index >= 15 is 0 Å². The van der Waals surface area contributed by atoms with Crippen LogP contribution in [0.25, 0.3) is 0 Å². The number of amides is 1. The summed E-state index contributed by atoms with van der Waals surface area (Å²) in [6.45, 7) is 5.42. The molecule has 0 radical (unpaired) electrons. The third-order valence-electron chi connectivity index (χ3n) is 1.31. The van der Waals surface area contributed by atoms with Crippen molar-refractivity contribution in [3.8, 4) is 0 Å². The SMILES string of the molecule is C=CCOC(=O)N(C)CC(=O)OCC. The molecule has 0 aromatic carbocycles. The topological polar surface area (TPSA) is 55.8 Å².